The van der Waals surface area contributed by atoms with Crippen molar-refractivity contribution in [3.63, 3.8) is 0 Å². The Morgan fingerprint density at radius 3 is 2.72 bits per heavy atom. The second-order valence-electron chi connectivity index (χ2n) is 5.48. The lowest BCUT2D eigenvalue weighted by molar-refractivity contribution is 0.0872. The van der Waals surface area contributed by atoms with Crippen molar-refractivity contribution in [3.05, 3.63) is 16.3 Å². The predicted molar refractivity (Wildman–Crippen MR) is 73.3 cm³/mol. The van der Waals surface area contributed by atoms with Gasteiger partial charge in [0.2, 0.25) is 0 Å². The molecule has 1 aromatic heterocycles. The normalized spacial score (nSPS) is 13.2. The van der Waals surface area contributed by atoms with E-state index in [1.54, 1.807) is 18.6 Å². The summed E-state index contributed by atoms with van der Waals surface area (Å²) in [6.07, 6.45) is 0.136. The summed E-state index contributed by atoms with van der Waals surface area (Å²) in [5.74, 6) is 0.511. The van der Waals surface area contributed by atoms with Crippen molar-refractivity contribution in [1.29, 1.82) is 0 Å². The molecular formula is C13H21NO3S. The number of hydrogen-bond acceptors (Lipinski definition) is 4. The van der Waals surface area contributed by atoms with Crippen molar-refractivity contribution < 1.29 is 14.6 Å². The Hall–Kier alpha value is -1.07. The molecule has 0 spiro atoms. The number of carbonyl (C=O) groups excluding carboxylic acids is 1. The summed E-state index contributed by atoms with van der Waals surface area (Å²) in [5.41, 5.74) is 0.0519. The highest BCUT2D eigenvalue weighted by molar-refractivity contribution is 7.12. The Labute approximate surface area is 112 Å². The Morgan fingerprint density at radius 2 is 2.22 bits per heavy atom. The molecule has 1 unspecified atom stereocenters. The number of aliphatic hydroxyl groups is 1. The minimum atomic E-state index is -0.518. The maximum Gasteiger partial charge on any atom is 0.261 e. The van der Waals surface area contributed by atoms with Gasteiger partial charge in [-0.15, -0.1) is 11.3 Å². The number of amides is 1. The van der Waals surface area contributed by atoms with Gasteiger partial charge in [0.1, 0.15) is 5.75 Å². The summed E-state index contributed by atoms with van der Waals surface area (Å²) in [5, 5.41) is 14.3. The summed E-state index contributed by atoms with van der Waals surface area (Å²) in [6, 6.07) is 1.69. The highest BCUT2D eigenvalue weighted by Crippen LogP contribution is 2.22. The third-order valence-electron chi connectivity index (χ3n) is 2.38. The SMILES string of the molecule is COc1csc(C(=O)NCC(O)CC(C)(C)C)c1. The zero-order chi connectivity index (χ0) is 13.8. The Morgan fingerprint density at radius 1 is 1.56 bits per heavy atom. The first-order valence-electron chi connectivity index (χ1n) is 5.90. The molecule has 0 radical (unpaired) electrons. The molecule has 18 heavy (non-hydrogen) atoms. The molecule has 0 bridgehead atoms. The third-order valence-corrected chi connectivity index (χ3v) is 3.29. The van der Waals surface area contributed by atoms with Gasteiger partial charge >= 0.3 is 0 Å². The van der Waals surface area contributed by atoms with E-state index in [-0.39, 0.29) is 17.9 Å². The molecule has 1 rings (SSSR count). The van der Waals surface area contributed by atoms with E-state index in [1.807, 2.05) is 0 Å². The first-order chi connectivity index (χ1) is 8.31. The molecule has 2 N–H and O–H groups in total. The van der Waals surface area contributed by atoms with Gasteiger partial charge in [-0.05, 0) is 11.8 Å². The minimum absolute atomic E-state index is 0.0519. The van der Waals surface area contributed by atoms with E-state index in [2.05, 4.69) is 26.1 Å². The average molecular weight is 271 g/mol. The summed E-state index contributed by atoms with van der Waals surface area (Å²) in [4.78, 5) is 12.4. The third kappa shape index (κ3) is 5.06. The highest BCUT2D eigenvalue weighted by Gasteiger charge is 2.18. The molecule has 4 nitrogen and oxygen atoms in total. The lowest BCUT2D eigenvalue weighted by Crippen LogP contribution is -2.33. The van der Waals surface area contributed by atoms with E-state index >= 15 is 0 Å². The maximum atomic E-state index is 11.8. The fraction of sp³-hybridized carbons (Fsp3) is 0.615. The zero-order valence-corrected chi connectivity index (χ0v) is 12.1. The van der Waals surface area contributed by atoms with Crippen molar-refractivity contribution in [2.75, 3.05) is 13.7 Å². The van der Waals surface area contributed by atoms with E-state index in [0.717, 1.165) is 0 Å². The van der Waals surface area contributed by atoms with Crippen LogP contribution in [-0.4, -0.2) is 30.8 Å². The summed E-state index contributed by atoms with van der Waals surface area (Å²) in [6.45, 7) is 6.45. The van der Waals surface area contributed by atoms with Crippen LogP contribution in [-0.2, 0) is 0 Å². The van der Waals surface area contributed by atoms with Crippen LogP contribution in [0.2, 0.25) is 0 Å². The Kier molecular flexibility index (Phi) is 5.16. The van der Waals surface area contributed by atoms with Crippen LogP contribution in [0.4, 0.5) is 0 Å². The maximum absolute atomic E-state index is 11.8. The molecule has 0 aliphatic rings. The van der Waals surface area contributed by atoms with E-state index in [0.29, 0.717) is 17.0 Å². The lowest BCUT2D eigenvalue weighted by atomic mass is 9.89. The summed E-state index contributed by atoms with van der Waals surface area (Å²) >= 11 is 1.33. The smallest absolute Gasteiger partial charge is 0.261 e. The van der Waals surface area contributed by atoms with Crippen molar-refractivity contribution in [3.8, 4) is 5.75 Å². The molecule has 0 aliphatic carbocycles. The molecule has 5 heteroatoms. The van der Waals surface area contributed by atoms with Gasteiger partial charge in [0.15, 0.2) is 0 Å². The van der Waals surface area contributed by atoms with Crippen LogP contribution in [0, 0.1) is 5.41 Å². The fourth-order valence-corrected chi connectivity index (χ4v) is 2.39. The van der Waals surface area contributed by atoms with Crippen LogP contribution in [0.25, 0.3) is 0 Å². The largest absolute Gasteiger partial charge is 0.496 e. The van der Waals surface area contributed by atoms with Gasteiger partial charge in [-0.3, -0.25) is 4.79 Å². The molecule has 0 saturated heterocycles. The molecule has 102 valence electrons. The number of methoxy groups -OCH3 is 1. The first-order valence-corrected chi connectivity index (χ1v) is 6.78. The molecule has 0 aromatic carbocycles. The molecule has 0 saturated carbocycles. The van der Waals surface area contributed by atoms with E-state index in [4.69, 9.17) is 4.74 Å². The predicted octanol–water partition coefficient (Wildman–Crippen LogP) is 2.28. The number of aliphatic hydroxyl groups excluding tert-OH is 1. The van der Waals surface area contributed by atoms with E-state index < -0.39 is 6.10 Å². The van der Waals surface area contributed by atoms with Crippen molar-refractivity contribution >= 4 is 17.2 Å². The molecule has 1 atom stereocenters. The van der Waals surface area contributed by atoms with Crippen LogP contribution in [0.1, 0.15) is 36.9 Å². The van der Waals surface area contributed by atoms with Gasteiger partial charge in [0, 0.05) is 18.0 Å². The molecule has 0 aliphatic heterocycles. The number of rotatable bonds is 5. The molecule has 0 fully saturated rings. The van der Waals surface area contributed by atoms with Crippen LogP contribution in [0.3, 0.4) is 0 Å². The molecule has 1 heterocycles. The van der Waals surface area contributed by atoms with Crippen LogP contribution in [0.5, 0.6) is 5.75 Å². The Balaban J connectivity index is 2.41. The number of ether oxygens (including phenoxy) is 1. The molecular weight excluding hydrogens is 250 g/mol. The topological polar surface area (TPSA) is 58.6 Å². The summed E-state index contributed by atoms with van der Waals surface area (Å²) in [7, 11) is 1.57. The van der Waals surface area contributed by atoms with Crippen LogP contribution in [0.15, 0.2) is 11.4 Å². The Bertz CT molecular complexity index is 395. The number of hydrogen-bond donors (Lipinski definition) is 2. The number of thiophene rings is 1. The zero-order valence-electron chi connectivity index (χ0n) is 11.3. The second kappa shape index (κ2) is 6.20. The van der Waals surface area contributed by atoms with Gasteiger partial charge in [0.25, 0.3) is 5.91 Å². The quantitative estimate of drug-likeness (QED) is 0.864. The van der Waals surface area contributed by atoms with Crippen LogP contribution < -0.4 is 10.1 Å². The van der Waals surface area contributed by atoms with Crippen molar-refractivity contribution in [1.82, 2.24) is 5.32 Å². The lowest BCUT2D eigenvalue weighted by Gasteiger charge is -2.22. The standard InChI is InChI=1S/C13H21NO3S/c1-13(2,3)6-9(15)7-14-12(16)11-5-10(17-4)8-18-11/h5,8-9,15H,6-7H2,1-4H3,(H,14,16). The fourth-order valence-electron chi connectivity index (χ4n) is 1.62. The molecule has 1 amide bonds. The van der Waals surface area contributed by atoms with Gasteiger partial charge in [-0.2, -0.15) is 0 Å². The van der Waals surface area contributed by atoms with Crippen molar-refractivity contribution in [2.45, 2.75) is 33.3 Å². The van der Waals surface area contributed by atoms with Crippen LogP contribution >= 0.6 is 11.3 Å². The van der Waals surface area contributed by atoms with Gasteiger partial charge in [-0.1, -0.05) is 20.8 Å². The highest BCUT2D eigenvalue weighted by atomic mass is 32.1. The summed E-state index contributed by atoms with van der Waals surface area (Å²) < 4.78 is 5.02. The monoisotopic (exact) mass is 271 g/mol. The van der Waals surface area contributed by atoms with Gasteiger partial charge < -0.3 is 15.2 Å². The van der Waals surface area contributed by atoms with Crippen molar-refractivity contribution in [2.24, 2.45) is 5.41 Å². The average Bonchev–Trinajstić information content (AvgIpc) is 2.72. The number of nitrogens with one attached hydrogen (secondary N) is 1. The van der Waals surface area contributed by atoms with Gasteiger partial charge in [-0.25, -0.2) is 0 Å². The van der Waals surface area contributed by atoms with E-state index in [9.17, 15) is 9.90 Å². The molecule has 1 aromatic rings. The van der Waals surface area contributed by atoms with E-state index in [1.165, 1.54) is 11.3 Å². The minimum Gasteiger partial charge on any atom is -0.496 e. The second-order valence-corrected chi connectivity index (χ2v) is 6.39. The van der Waals surface area contributed by atoms with Gasteiger partial charge in [0.05, 0.1) is 18.1 Å². The number of carbonyl (C=O) groups is 1. The first kappa shape index (κ1) is 15.0.